The van der Waals surface area contributed by atoms with Gasteiger partial charge in [-0.15, -0.1) is 0 Å². The standard InChI is InChI=1S/C13H26N2/c1-3-8-14-13-6-9-15(10-7-13)11(2)12-4-5-12/h11-14H,3-10H2,1-2H3. The summed E-state index contributed by atoms with van der Waals surface area (Å²) in [6.45, 7) is 8.51. The van der Waals surface area contributed by atoms with Gasteiger partial charge in [0.15, 0.2) is 0 Å². The molecule has 0 spiro atoms. The van der Waals surface area contributed by atoms with Crippen molar-refractivity contribution in [3.05, 3.63) is 0 Å². The maximum absolute atomic E-state index is 3.65. The van der Waals surface area contributed by atoms with Gasteiger partial charge in [0.1, 0.15) is 0 Å². The lowest BCUT2D eigenvalue weighted by Gasteiger charge is -2.36. The maximum Gasteiger partial charge on any atom is 0.00952 e. The first-order valence-corrected chi connectivity index (χ1v) is 6.78. The summed E-state index contributed by atoms with van der Waals surface area (Å²) in [5.74, 6) is 1.03. The van der Waals surface area contributed by atoms with Crippen LogP contribution in [0, 0.1) is 5.92 Å². The Morgan fingerprint density at radius 1 is 1.20 bits per heavy atom. The third-order valence-corrected chi connectivity index (χ3v) is 4.09. The third-order valence-electron chi connectivity index (χ3n) is 4.09. The highest BCUT2D eigenvalue weighted by Crippen LogP contribution is 2.35. The summed E-state index contributed by atoms with van der Waals surface area (Å²) in [4.78, 5) is 2.71. The lowest BCUT2D eigenvalue weighted by Crippen LogP contribution is -2.46. The van der Waals surface area contributed by atoms with Crippen LogP contribution in [0.3, 0.4) is 0 Å². The molecule has 2 heteroatoms. The van der Waals surface area contributed by atoms with Crippen LogP contribution in [0.5, 0.6) is 0 Å². The van der Waals surface area contributed by atoms with Gasteiger partial charge in [0.25, 0.3) is 0 Å². The molecule has 1 heterocycles. The van der Waals surface area contributed by atoms with E-state index in [4.69, 9.17) is 0 Å². The van der Waals surface area contributed by atoms with E-state index >= 15 is 0 Å². The molecule has 0 aromatic rings. The summed E-state index contributed by atoms with van der Waals surface area (Å²) in [5, 5.41) is 3.65. The Kier molecular flexibility index (Phi) is 4.04. The average molecular weight is 210 g/mol. The first-order chi connectivity index (χ1) is 7.31. The van der Waals surface area contributed by atoms with E-state index in [0.29, 0.717) is 0 Å². The molecule has 1 atom stereocenters. The van der Waals surface area contributed by atoms with Gasteiger partial charge in [0, 0.05) is 12.1 Å². The van der Waals surface area contributed by atoms with Crippen molar-refractivity contribution in [2.75, 3.05) is 19.6 Å². The predicted octanol–water partition coefficient (Wildman–Crippen LogP) is 2.25. The lowest BCUT2D eigenvalue weighted by molar-refractivity contribution is 0.139. The molecule has 88 valence electrons. The van der Waals surface area contributed by atoms with Crippen LogP contribution in [-0.2, 0) is 0 Å². The summed E-state index contributed by atoms with van der Waals surface area (Å²) in [5.41, 5.74) is 0. The first kappa shape index (κ1) is 11.4. The molecule has 1 aliphatic heterocycles. The number of rotatable bonds is 5. The van der Waals surface area contributed by atoms with Crippen molar-refractivity contribution in [2.45, 2.75) is 58.0 Å². The van der Waals surface area contributed by atoms with Crippen molar-refractivity contribution in [2.24, 2.45) is 5.92 Å². The zero-order valence-corrected chi connectivity index (χ0v) is 10.3. The summed E-state index contributed by atoms with van der Waals surface area (Å²) >= 11 is 0. The monoisotopic (exact) mass is 210 g/mol. The fraction of sp³-hybridized carbons (Fsp3) is 1.00. The Balaban J connectivity index is 1.67. The molecule has 0 aromatic carbocycles. The van der Waals surface area contributed by atoms with E-state index in [1.165, 1.54) is 51.7 Å². The van der Waals surface area contributed by atoms with Gasteiger partial charge in [0.05, 0.1) is 0 Å². The van der Waals surface area contributed by atoms with Crippen molar-refractivity contribution < 1.29 is 0 Å². The molecule has 15 heavy (non-hydrogen) atoms. The molecule has 0 aromatic heterocycles. The van der Waals surface area contributed by atoms with Crippen LogP contribution in [0.1, 0.15) is 46.0 Å². The molecule has 1 N–H and O–H groups in total. The van der Waals surface area contributed by atoms with E-state index in [2.05, 4.69) is 24.1 Å². The zero-order valence-electron chi connectivity index (χ0n) is 10.3. The van der Waals surface area contributed by atoms with Gasteiger partial charge < -0.3 is 10.2 Å². The van der Waals surface area contributed by atoms with Crippen LogP contribution < -0.4 is 5.32 Å². The summed E-state index contributed by atoms with van der Waals surface area (Å²) in [6, 6.07) is 1.66. The van der Waals surface area contributed by atoms with E-state index in [1.54, 1.807) is 0 Å². The van der Waals surface area contributed by atoms with Crippen molar-refractivity contribution in [3.8, 4) is 0 Å². The summed E-state index contributed by atoms with van der Waals surface area (Å²) in [6.07, 6.45) is 6.94. The quantitative estimate of drug-likeness (QED) is 0.749. The Bertz CT molecular complexity index is 181. The van der Waals surface area contributed by atoms with Crippen LogP contribution in [0.15, 0.2) is 0 Å². The van der Waals surface area contributed by atoms with Gasteiger partial charge in [-0.25, -0.2) is 0 Å². The molecule has 1 unspecified atom stereocenters. The summed E-state index contributed by atoms with van der Waals surface area (Å²) in [7, 11) is 0. The zero-order chi connectivity index (χ0) is 10.7. The topological polar surface area (TPSA) is 15.3 Å². The second-order valence-electron chi connectivity index (χ2n) is 5.34. The van der Waals surface area contributed by atoms with Crippen molar-refractivity contribution >= 4 is 0 Å². The van der Waals surface area contributed by atoms with E-state index in [1.807, 2.05) is 0 Å². The number of nitrogens with zero attached hydrogens (tertiary/aromatic N) is 1. The largest absolute Gasteiger partial charge is 0.314 e. The molecular formula is C13H26N2. The molecule has 1 saturated carbocycles. The highest BCUT2D eigenvalue weighted by atomic mass is 15.2. The van der Waals surface area contributed by atoms with E-state index < -0.39 is 0 Å². The smallest absolute Gasteiger partial charge is 0.00952 e. The first-order valence-electron chi connectivity index (χ1n) is 6.78. The van der Waals surface area contributed by atoms with Crippen LogP contribution in [-0.4, -0.2) is 36.6 Å². The van der Waals surface area contributed by atoms with Crippen molar-refractivity contribution in [3.63, 3.8) is 0 Å². The number of hydrogen-bond donors (Lipinski definition) is 1. The Labute approximate surface area is 94.4 Å². The number of hydrogen-bond acceptors (Lipinski definition) is 2. The third kappa shape index (κ3) is 3.18. The molecule has 1 saturated heterocycles. The molecule has 2 fully saturated rings. The predicted molar refractivity (Wildman–Crippen MR) is 65.1 cm³/mol. The Hall–Kier alpha value is -0.0800. The minimum Gasteiger partial charge on any atom is -0.314 e. The highest BCUT2D eigenvalue weighted by molar-refractivity contribution is 4.88. The molecule has 0 radical (unpaired) electrons. The van der Waals surface area contributed by atoms with Gasteiger partial charge in [-0.05, 0) is 64.6 Å². The SMILES string of the molecule is CCCNC1CCN(C(C)C2CC2)CC1. The van der Waals surface area contributed by atoms with Crippen LogP contribution >= 0.6 is 0 Å². The molecule has 2 aliphatic rings. The minimum absolute atomic E-state index is 0.799. The van der Waals surface area contributed by atoms with Gasteiger partial charge in [0.2, 0.25) is 0 Å². The van der Waals surface area contributed by atoms with E-state index in [0.717, 1.165) is 18.0 Å². The minimum atomic E-state index is 0.799. The second-order valence-corrected chi connectivity index (χ2v) is 5.34. The van der Waals surface area contributed by atoms with Gasteiger partial charge >= 0.3 is 0 Å². The second kappa shape index (κ2) is 5.31. The highest BCUT2D eigenvalue weighted by Gasteiger charge is 2.33. The molecule has 2 rings (SSSR count). The van der Waals surface area contributed by atoms with E-state index in [-0.39, 0.29) is 0 Å². The average Bonchev–Trinajstić information content (AvgIpc) is 3.10. The normalized spacial score (nSPS) is 26.8. The van der Waals surface area contributed by atoms with Gasteiger partial charge in [-0.1, -0.05) is 6.92 Å². The Morgan fingerprint density at radius 2 is 1.87 bits per heavy atom. The molecule has 1 aliphatic carbocycles. The van der Waals surface area contributed by atoms with Crippen molar-refractivity contribution in [1.82, 2.24) is 10.2 Å². The molecule has 2 nitrogen and oxygen atoms in total. The van der Waals surface area contributed by atoms with Gasteiger partial charge in [-0.2, -0.15) is 0 Å². The van der Waals surface area contributed by atoms with Crippen LogP contribution in [0.2, 0.25) is 0 Å². The summed E-state index contributed by atoms with van der Waals surface area (Å²) < 4.78 is 0. The van der Waals surface area contributed by atoms with Gasteiger partial charge in [-0.3, -0.25) is 0 Å². The fourth-order valence-corrected chi connectivity index (χ4v) is 2.74. The number of nitrogens with one attached hydrogen (secondary N) is 1. The molecule has 0 amide bonds. The lowest BCUT2D eigenvalue weighted by atomic mass is 10.0. The molecular weight excluding hydrogens is 184 g/mol. The molecule has 0 bridgehead atoms. The fourth-order valence-electron chi connectivity index (χ4n) is 2.74. The van der Waals surface area contributed by atoms with Crippen LogP contribution in [0.4, 0.5) is 0 Å². The maximum atomic E-state index is 3.65. The van der Waals surface area contributed by atoms with Crippen LogP contribution in [0.25, 0.3) is 0 Å². The van der Waals surface area contributed by atoms with Crippen molar-refractivity contribution in [1.29, 1.82) is 0 Å². The number of likely N-dealkylation sites (tertiary alicyclic amines) is 1. The Morgan fingerprint density at radius 3 is 2.40 bits per heavy atom. The van der Waals surface area contributed by atoms with E-state index in [9.17, 15) is 0 Å². The number of piperidine rings is 1.